The Morgan fingerprint density at radius 3 is 2.57 bits per heavy atom. The molecule has 0 atom stereocenters. The molecule has 1 aromatic carbocycles. The van der Waals surface area contributed by atoms with Gasteiger partial charge in [-0.1, -0.05) is 30.4 Å². The van der Waals surface area contributed by atoms with E-state index in [-0.39, 0.29) is 18.3 Å². The molecule has 0 fully saturated rings. The molecule has 0 radical (unpaired) electrons. The Hall–Kier alpha value is -1.96. The van der Waals surface area contributed by atoms with E-state index in [1.54, 1.807) is 16.2 Å². The number of amides is 1. The molecule has 8 heteroatoms. The second-order valence-electron chi connectivity index (χ2n) is 6.86. The van der Waals surface area contributed by atoms with Gasteiger partial charge in [0, 0.05) is 25.3 Å². The number of rotatable bonds is 7. The van der Waals surface area contributed by atoms with Gasteiger partial charge < -0.3 is 4.90 Å². The Labute approximate surface area is 176 Å². The van der Waals surface area contributed by atoms with Crippen LogP contribution in [0, 0.1) is 6.92 Å². The van der Waals surface area contributed by atoms with Crippen molar-refractivity contribution in [1.82, 2.24) is 19.7 Å². The number of carbonyl (C=O) groups excluding carboxylic acids is 1. The third kappa shape index (κ3) is 4.54. The normalized spacial score (nSPS) is 11.1. The van der Waals surface area contributed by atoms with Crippen molar-refractivity contribution in [3.05, 3.63) is 41.2 Å². The van der Waals surface area contributed by atoms with Gasteiger partial charge in [0.05, 0.1) is 10.2 Å². The van der Waals surface area contributed by atoms with Crippen molar-refractivity contribution in [1.29, 1.82) is 0 Å². The number of thiazole rings is 1. The number of likely N-dealkylation sites (N-methyl/N-ethyl adjacent to an activating group) is 1. The molecule has 152 valence electrons. The molecule has 0 saturated carbocycles. The van der Waals surface area contributed by atoms with E-state index < -0.39 is 0 Å². The zero-order chi connectivity index (χ0) is 19.6. The van der Waals surface area contributed by atoms with E-state index in [4.69, 9.17) is 4.98 Å². The van der Waals surface area contributed by atoms with Crippen molar-refractivity contribution in [3.63, 3.8) is 0 Å². The van der Waals surface area contributed by atoms with Crippen LogP contribution in [0.5, 0.6) is 0 Å². The minimum Gasteiger partial charge on any atom is -0.308 e. The highest BCUT2D eigenvalue weighted by atomic mass is 35.5. The monoisotopic (exact) mass is 421 g/mol. The van der Waals surface area contributed by atoms with Crippen LogP contribution in [-0.2, 0) is 13.0 Å². The fourth-order valence-corrected chi connectivity index (χ4v) is 4.09. The molecule has 0 saturated heterocycles. The Morgan fingerprint density at radius 1 is 1.21 bits per heavy atom. The second kappa shape index (κ2) is 9.49. The van der Waals surface area contributed by atoms with Crippen LogP contribution in [0.1, 0.15) is 35.6 Å². The molecule has 0 spiro atoms. The van der Waals surface area contributed by atoms with Gasteiger partial charge in [-0.25, -0.2) is 4.98 Å². The lowest BCUT2D eigenvalue weighted by molar-refractivity contribution is 0.0979. The summed E-state index contributed by atoms with van der Waals surface area (Å²) < 4.78 is 2.97. The number of fused-ring (bicyclic) bond motifs is 1. The molecule has 2 heterocycles. The van der Waals surface area contributed by atoms with Gasteiger partial charge in [-0.05, 0) is 52.1 Å². The van der Waals surface area contributed by atoms with E-state index in [0.717, 1.165) is 40.6 Å². The number of aromatic nitrogens is 3. The maximum atomic E-state index is 13.3. The Balaban J connectivity index is 0.00000280. The first-order valence-corrected chi connectivity index (χ1v) is 10.2. The first-order chi connectivity index (χ1) is 12.9. The maximum Gasteiger partial charge on any atom is 0.280 e. The van der Waals surface area contributed by atoms with Gasteiger partial charge in [-0.2, -0.15) is 5.10 Å². The average molecular weight is 422 g/mol. The summed E-state index contributed by atoms with van der Waals surface area (Å²) in [5.74, 6) is -0.0933. The number of hydrogen-bond acceptors (Lipinski definition) is 5. The number of carbonyl (C=O) groups is 1. The van der Waals surface area contributed by atoms with Crippen LogP contribution in [-0.4, -0.2) is 52.8 Å². The zero-order valence-electron chi connectivity index (χ0n) is 17.1. The molecule has 3 rings (SSSR count). The molecular weight excluding hydrogens is 394 g/mol. The number of anilines is 1. The Bertz CT molecular complexity index is 949. The number of aryl methyl sites for hydroxylation is 3. The maximum absolute atomic E-state index is 13.3. The van der Waals surface area contributed by atoms with Crippen LogP contribution >= 0.6 is 23.7 Å². The van der Waals surface area contributed by atoms with Crippen molar-refractivity contribution >= 4 is 45.0 Å². The lowest BCUT2D eigenvalue weighted by Gasteiger charge is -2.21. The second-order valence-corrected chi connectivity index (χ2v) is 7.87. The molecule has 0 unspecified atom stereocenters. The summed E-state index contributed by atoms with van der Waals surface area (Å²) in [5, 5.41) is 5.22. The molecule has 0 aliphatic heterocycles. The van der Waals surface area contributed by atoms with E-state index >= 15 is 0 Å². The van der Waals surface area contributed by atoms with Crippen LogP contribution in [0.3, 0.4) is 0 Å². The van der Waals surface area contributed by atoms with Crippen molar-refractivity contribution in [2.75, 3.05) is 32.1 Å². The first kappa shape index (κ1) is 22.3. The third-order valence-corrected chi connectivity index (χ3v) is 5.66. The third-order valence-electron chi connectivity index (χ3n) is 4.62. The number of benzene rings is 1. The minimum absolute atomic E-state index is 0. The molecule has 28 heavy (non-hydrogen) atoms. The Kier molecular flexibility index (Phi) is 7.57. The van der Waals surface area contributed by atoms with E-state index in [9.17, 15) is 4.79 Å². The molecule has 6 nitrogen and oxygen atoms in total. The smallest absolute Gasteiger partial charge is 0.280 e. The van der Waals surface area contributed by atoms with Crippen molar-refractivity contribution in [2.24, 2.45) is 0 Å². The number of para-hydroxylation sites is 1. The lowest BCUT2D eigenvalue weighted by atomic mass is 10.1. The average Bonchev–Trinajstić information content (AvgIpc) is 3.24. The lowest BCUT2D eigenvalue weighted by Crippen LogP contribution is -2.37. The van der Waals surface area contributed by atoms with Crippen LogP contribution in [0.25, 0.3) is 10.2 Å². The molecular formula is C20H28ClN5OS. The highest BCUT2D eigenvalue weighted by Gasteiger charge is 2.24. The van der Waals surface area contributed by atoms with Gasteiger partial charge in [-0.15, -0.1) is 12.4 Å². The molecule has 0 bridgehead atoms. The number of nitrogens with zero attached hydrogens (tertiary/aromatic N) is 5. The standard InChI is InChI=1S/C20H27N5OS.ClH/c1-6-15-9-8-10-17-18(15)21-20(27-17)24(12-11-23(4)5)19(26)16-13-14(3)25(7-2)22-16;/h8-10,13H,6-7,11-12H2,1-5H3;1H. The summed E-state index contributed by atoms with van der Waals surface area (Å²) in [6, 6.07) is 8.09. The molecule has 0 aliphatic rings. The topological polar surface area (TPSA) is 54.3 Å². The largest absolute Gasteiger partial charge is 0.308 e. The SMILES string of the molecule is CCc1cccc2sc(N(CCN(C)C)C(=O)c3cc(C)n(CC)n3)nc12.Cl. The Morgan fingerprint density at radius 2 is 1.96 bits per heavy atom. The molecule has 0 aliphatic carbocycles. The highest BCUT2D eigenvalue weighted by Crippen LogP contribution is 2.31. The zero-order valence-corrected chi connectivity index (χ0v) is 18.7. The van der Waals surface area contributed by atoms with E-state index in [1.807, 2.05) is 38.7 Å². The summed E-state index contributed by atoms with van der Waals surface area (Å²) in [7, 11) is 4.01. The molecule has 2 aromatic heterocycles. The predicted molar refractivity (Wildman–Crippen MR) is 119 cm³/mol. The van der Waals surface area contributed by atoms with Gasteiger partial charge in [0.1, 0.15) is 0 Å². The summed E-state index contributed by atoms with van der Waals surface area (Å²) in [4.78, 5) is 21.9. The van der Waals surface area contributed by atoms with Crippen LogP contribution in [0.4, 0.5) is 5.13 Å². The summed E-state index contributed by atoms with van der Waals surface area (Å²) in [5.41, 5.74) is 3.67. The minimum atomic E-state index is -0.0933. The van der Waals surface area contributed by atoms with Gasteiger partial charge in [0.15, 0.2) is 10.8 Å². The van der Waals surface area contributed by atoms with Crippen molar-refractivity contribution in [2.45, 2.75) is 33.7 Å². The number of halogens is 1. The highest BCUT2D eigenvalue weighted by molar-refractivity contribution is 7.22. The van der Waals surface area contributed by atoms with Crippen LogP contribution in [0.15, 0.2) is 24.3 Å². The van der Waals surface area contributed by atoms with Gasteiger partial charge in [0.25, 0.3) is 5.91 Å². The summed E-state index contributed by atoms with van der Waals surface area (Å²) >= 11 is 1.57. The van der Waals surface area contributed by atoms with Gasteiger partial charge in [0.2, 0.25) is 0 Å². The fourth-order valence-electron chi connectivity index (χ4n) is 3.05. The van der Waals surface area contributed by atoms with Gasteiger partial charge in [-0.3, -0.25) is 14.4 Å². The quantitative estimate of drug-likeness (QED) is 0.578. The van der Waals surface area contributed by atoms with E-state index in [1.165, 1.54) is 5.56 Å². The fraction of sp³-hybridized carbons (Fsp3) is 0.450. The molecule has 0 N–H and O–H groups in total. The van der Waals surface area contributed by atoms with E-state index in [0.29, 0.717) is 12.2 Å². The summed E-state index contributed by atoms with van der Waals surface area (Å²) in [6.45, 7) is 8.21. The summed E-state index contributed by atoms with van der Waals surface area (Å²) in [6.07, 6.45) is 0.923. The first-order valence-electron chi connectivity index (χ1n) is 9.34. The van der Waals surface area contributed by atoms with E-state index in [2.05, 4.69) is 35.1 Å². The predicted octanol–water partition coefficient (Wildman–Crippen LogP) is 4.01. The molecule has 1 amide bonds. The van der Waals surface area contributed by atoms with Crippen LogP contribution < -0.4 is 4.90 Å². The van der Waals surface area contributed by atoms with Gasteiger partial charge >= 0.3 is 0 Å². The van der Waals surface area contributed by atoms with Crippen LogP contribution in [0.2, 0.25) is 0 Å². The van der Waals surface area contributed by atoms with Crippen molar-refractivity contribution in [3.8, 4) is 0 Å². The molecule has 3 aromatic rings. The van der Waals surface area contributed by atoms with Crippen molar-refractivity contribution < 1.29 is 4.79 Å². The number of hydrogen-bond donors (Lipinski definition) is 0.